The molecule has 1 unspecified atom stereocenters. The summed E-state index contributed by atoms with van der Waals surface area (Å²) in [6.45, 7) is 1.71. The molecular formula is C10H12O3. The van der Waals surface area contributed by atoms with Crippen LogP contribution in [0.5, 0.6) is 11.5 Å². The Morgan fingerprint density at radius 2 is 2.23 bits per heavy atom. The van der Waals surface area contributed by atoms with Crippen molar-refractivity contribution >= 4 is 6.29 Å². The molecule has 0 aromatic heterocycles. The Morgan fingerprint density at radius 3 is 2.77 bits per heavy atom. The van der Waals surface area contributed by atoms with Crippen molar-refractivity contribution in [2.75, 3.05) is 7.11 Å². The maximum atomic E-state index is 10.6. The van der Waals surface area contributed by atoms with E-state index in [1.54, 1.807) is 19.1 Å². The molecular weight excluding hydrogens is 168 g/mol. The molecule has 1 aromatic rings. The molecule has 70 valence electrons. The number of aromatic hydroxyl groups is 1. The molecule has 0 saturated heterocycles. The zero-order valence-electron chi connectivity index (χ0n) is 7.65. The van der Waals surface area contributed by atoms with Gasteiger partial charge in [-0.25, -0.2) is 0 Å². The Kier molecular flexibility index (Phi) is 2.90. The summed E-state index contributed by atoms with van der Waals surface area (Å²) >= 11 is 0. The first kappa shape index (κ1) is 9.58. The molecule has 0 aliphatic carbocycles. The molecule has 1 N–H and O–H groups in total. The summed E-state index contributed by atoms with van der Waals surface area (Å²) in [4.78, 5) is 10.6. The van der Waals surface area contributed by atoms with Crippen LogP contribution in [0.3, 0.4) is 0 Å². The lowest BCUT2D eigenvalue weighted by atomic mass is 10.0. The van der Waals surface area contributed by atoms with Gasteiger partial charge in [-0.05, 0) is 12.1 Å². The number of hydrogen-bond acceptors (Lipinski definition) is 3. The smallest absolute Gasteiger partial charge is 0.127 e. The highest BCUT2D eigenvalue weighted by molar-refractivity contribution is 5.66. The first-order chi connectivity index (χ1) is 6.20. The minimum atomic E-state index is -0.351. The Morgan fingerprint density at radius 1 is 1.54 bits per heavy atom. The molecule has 3 nitrogen and oxygen atoms in total. The van der Waals surface area contributed by atoms with Crippen LogP contribution in [0.15, 0.2) is 18.2 Å². The molecule has 0 amide bonds. The predicted octanol–water partition coefficient (Wildman–Crippen LogP) is 1.70. The predicted molar refractivity (Wildman–Crippen MR) is 49.1 cm³/mol. The number of phenols is 1. The number of benzene rings is 1. The van der Waals surface area contributed by atoms with E-state index in [-0.39, 0.29) is 11.7 Å². The zero-order valence-corrected chi connectivity index (χ0v) is 7.65. The first-order valence-corrected chi connectivity index (χ1v) is 4.02. The molecule has 1 rings (SSSR count). The number of phenolic OH excluding ortho intramolecular Hbond substituents is 1. The number of ether oxygens (including phenoxy) is 1. The highest BCUT2D eigenvalue weighted by Crippen LogP contribution is 2.32. The second-order valence-corrected chi connectivity index (χ2v) is 2.82. The molecule has 0 radical (unpaired) electrons. The summed E-state index contributed by atoms with van der Waals surface area (Å²) in [6, 6.07) is 4.93. The second-order valence-electron chi connectivity index (χ2n) is 2.82. The van der Waals surface area contributed by atoms with E-state index in [2.05, 4.69) is 0 Å². The van der Waals surface area contributed by atoms with E-state index in [9.17, 15) is 9.90 Å². The lowest BCUT2D eigenvalue weighted by Crippen LogP contribution is -1.98. The van der Waals surface area contributed by atoms with Crippen molar-refractivity contribution in [1.29, 1.82) is 0 Å². The third kappa shape index (κ3) is 1.80. The fourth-order valence-electron chi connectivity index (χ4n) is 1.24. The third-order valence-electron chi connectivity index (χ3n) is 1.92. The van der Waals surface area contributed by atoms with E-state index < -0.39 is 0 Å². The summed E-state index contributed by atoms with van der Waals surface area (Å²) in [5, 5.41) is 9.49. The Balaban J connectivity index is 3.22. The van der Waals surface area contributed by atoms with Crippen molar-refractivity contribution in [3.63, 3.8) is 0 Å². The molecule has 0 fully saturated rings. The first-order valence-electron chi connectivity index (χ1n) is 4.02. The van der Waals surface area contributed by atoms with E-state index in [0.29, 0.717) is 11.3 Å². The molecule has 0 saturated carbocycles. The molecule has 1 aromatic carbocycles. The molecule has 3 heteroatoms. The molecule has 0 aliphatic rings. The van der Waals surface area contributed by atoms with Gasteiger partial charge in [0.05, 0.1) is 7.11 Å². The van der Waals surface area contributed by atoms with Crippen molar-refractivity contribution in [1.82, 2.24) is 0 Å². The van der Waals surface area contributed by atoms with E-state index in [1.165, 1.54) is 13.2 Å². The van der Waals surface area contributed by atoms with Gasteiger partial charge in [-0.3, -0.25) is 0 Å². The van der Waals surface area contributed by atoms with Crippen LogP contribution in [0.25, 0.3) is 0 Å². The maximum absolute atomic E-state index is 10.6. The SMILES string of the molecule is COc1cccc(O)c1C(C)C=O. The van der Waals surface area contributed by atoms with Gasteiger partial charge in [0.1, 0.15) is 17.8 Å². The van der Waals surface area contributed by atoms with E-state index in [0.717, 1.165) is 6.29 Å². The Labute approximate surface area is 77.0 Å². The van der Waals surface area contributed by atoms with Gasteiger partial charge in [0, 0.05) is 11.5 Å². The van der Waals surface area contributed by atoms with Crippen molar-refractivity contribution in [3.05, 3.63) is 23.8 Å². The van der Waals surface area contributed by atoms with E-state index in [1.807, 2.05) is 0 Å². The third-order valence-corrected chi connectivity index (χ3v) is 1.92. The quantitative estimate of drug-likeness (QED) is 0.720. The van der Waals surface area contributed by atoms with Crippen LogP contribution in [0.4, 0.5) is 0 Å². The number of carbonyl (C=O) groups is 1. The van der Waals surface area contributed by atoms with Crippen LogP contribution in [0.1, 0.15) is 18.4 Å². The van der Waals surface area contributed by atoms with Gasteiger partial charge in [0.2, 0.25) is 0 Å². The lowest BCUT2D eigenvalue weighted by Gasteiger charge is -2.11. The van der Waals surface area contributed by atoms with Gasteiger partial charge in [-0.15, -0.1) is 0 Å². The molecule has 13 heavy (non-hydrogen) atoms. The minimum absolute atomic E-state index is 0.0963. The largest absolute Gasteiger partial charge is 0.508 e. The molecule has 1 atom stereocenters. The fourth-order valence-corrected chi connectivity index (χ4v) is 1.24. The lowest BCUT2D eigenvalue weighted by molar-refractivity contribution is -0.108. The number of carbonyl (C=O) groups excluding carboxylic acids is 1. The number of rotatable bonds is 3. The van der Waals surface area contributed by atoms with Crippen LogP contribution >= 0.6 is 0 Å². The summed E-state index contributed by atoms with van der Waals surface area (Å²) in [5.74, 6) is 0.287. The Hall–Kier alpha value is -1.51. The molecule has 0 spiro atoms. The number of methoxy groups -OCH3 is 1. The summed E-state index contributed by atoms with van der Waals surface area (Å²) in [7, 11) is 1.51. The monoisotopic (exact) mass is 180 g/mol. The van der Waals surface area contributed by atoms with E-state index in [4.69, 9.17) is 4.74 Å². The summed E-state index contributed by atoms with van der Waals surface area (Å²) < 4.78 is 5.03. The normalized spacial score (nSPS) is 12.2. The standard InChI is InChI=1S/C10H12O3/c1-7(6-11)10-8(12)4-3-5-9(10)13-2/h3-7,12H,1-2H3. The van der Waals surface area contributed by atoms with Gasteiger partial charge in [-0.1, -0.05) is 13.0 Å². The van der Waals surface area contributed by atoms with Crippen molar-refractivity contribution in [2.24, 2.45) is 0 Å². The fraction of sp³-hybridized carbons (Fsp3) is 0.300. The van der Waals surface area contributed by atoms with Crippen LogP contribution in [0.2, 0.25) is 0 Å². The number of aldehydes is 1. The summed E-state index contributed by atoms with van der Waals surface area (Å²) in [5.41, 5.74) is 0.542. The molecule has 0 aliphatic heterocycles. The van der Waals surface area contributed by atoms with Crippen LogP contribution in [-0.4, -0.2) is 18.5 Å². The zero-order chi connectivity index (χ0) is 9.84. The van der Waals surface area contributed by atoms with Crippen LogP contribution < -0.4 is 4.74 Å². The van der Waals surface area contributed by atoms with Crippen LogP contribution in [0, 0.1) is 0 Å². The average Bonchev–Trinajstić information content (AvgIpc) is 2.16. The van der Waals surface area contributed by atoms with Crippen LogP contribution in [-0.2, 0) is 4.79 Å². The highest BCUT2D eigenvalue weighted by atomic mass is 16.5. The second kappa shape index (κ2) is 3.94. The van der Waals surface area contributed by atoms with Gasteiger partial charge in [-0.2, -0.15) is 0 Å². The van der Waals surface area contributed by atoms with Gasteiger partial charge < -0.3 is 14.6 Å². The molecule has 0 bridgehead atoms. The highest BCUT2D eigenvalue weighted by Gasteiger charge is 2.14. The average molecular weight is 180 g/mol. The molecule has 0 heterocycles. The van der Waals surface area contributed by atoms with Gasteiger partial charge in [0.15, 0.2) is 0 Å². The topological polar surface area (TPSA) is 46.5 Å². The van der Waals surface area contributed by atoms with E-state index >= 15 is 0 Å². The number of hydrogen-bond donors (Lipinski definition) is 1. The van der Waals surface area contributed by atoms with Crippen molar-refractivity contribution in [2.45, 2.75) is 12.8 Å². The minimum Gasteiger partial charge on any atom is -0.508 e. The van der Waals surface area contributed by atoms with Gasteiger partial charge >= 0.3 is 0 Å². The Bertz CT molecular complexity index is 307. The van der Waals surface area contributed by atoms with Crippen molar-refractivity contribution < 1.29 is 14.6 Å². The van der Waals surface area contributed by atoms with Gasteiger partial charge in [0.25, 0.3) is 0 Å². The van der Waals surface area contributed by atoms with Crippen molar-refractivity contribution in [3.8, 4) is 11.5 Å². The maximum Gasteiger partial charge on any atom is 0.127 e. The summed E-state index contributed by atoms with van der Waals surface area (Å²) in [6.07, 6.45) is 0.775.